The SMILES string of the molecule is Cc1cc(N(C)Cc2ccc3c(c2)OCO3)nc(N)n1. The van der Waals surface area contributed by atoms with Crippen molar-refractivity contribution in [3.8, 4) is 11.5 Å². The monoisotopic (exact) mass is 272 g/mol. The lowest BCUT2D eigenvalue weighted by atomic mass is 10.2. The topological polar surface area (TPSA) is 73.5 Å². The van der Waals surface area contributed by atoms with Gasteiger partial charge in [0.1, 0.15) is 5.82 Å². The van der Waals surface area contributed by atoms with Crippen LogP contribution in [0.15, 0.2) is 24.3 Å². The molecule has 0 aliphatic carbocycles. The Hall–Kier alpha value is -2.50. The minimum Gasteiger partial charge on any atom is -0.454 e. The molecule has 0 fully saturated rings. The molecule has 0 saturated heterocycles. The van der Waals surface area contributed by atoms with Crippen LogP contribution in [0.5, 0.6) is 11.5 Å². The second kappa shape index (κ2) is 4.88. The van der Waals surface area contributed by atoms with Gasteiger partial charge in [-0.05, 0) is 24.6 Å². The molecule has 2 N–H and O–H groups in total. The molecule has 20 heavy (non-hydrogen) atoms. The van der Waals surface area contributed by atoms with E-state index in [0.29, 0.717) is 6.54 Å². The van der Waals surface area contributed by atoms with Gasteiger partial charge in [0.05, 0.1) is 0 Å². The molecule has 1 aliphatic rings. The number of nitrogen functional groups attached to an aromatic ring is 1. The maximum Gasteiger partial charge on any atom is 0.231 e. The van der Waals surface area contributed by atoms with Crippen LogP contribution in [0.2, 0.25) is 0 Å². The Kier molecular flexibility index (Phi) is 3.06. The number of hydrogen-bond donors (Lipinski definition) is 1. The van der Waals surface area contributed by atoms with E-state index in [1.807, 2.05) is 43.1 Å². The van der Waals surface area contributed by atoms with Crippen molar-refractivity contribution in [2.45, 2.75) is 13.5 Å². The van der Waals surface area contributed by atoms with E-state index in [1.54, 1.807) is 0 Å². The first-order chi connectivity index (χ1) is 9.61. The summed E-state index contributed by atoms with van der Waals surface area (Å²) in [6.07, 6.45) is 0. The summed E-state index contributed by atoms with van der Waals surface area (Å²) >= 11 is 0. The van der Waals surface area contributed by atoms with Crippen LogP contribution < -0.4 is 20.1 Å². The standard InChI is InChI=1S/C14H16N4O2/c1-9-5-13(17-14(15)16-9)18(2)7-10-3-4-11-12(6-10)20-8-19-11/h3-6H,7-8H2,1-2H3,(H2,15,16,17). The van der Waals surface area contributed by atoms with E-state index in [1.165, 1.54) is 0 Å². The van der Waals surface area contributed by atoms with Gasteiger partial charge >= 0.3 is 0 Å². The van der Waals surface area contributed by atoms with Crippen molar-refractivity contribution >= 4 is 11.8 Å². The lowest BCUT2D eigenvalue weighted by molar-refractivity contribution is 0.174. The number of benzene rings is 1. The molecule has 104 valence electrons. The first-order valence-electron chi connectivity index (χ1n) is 6.32. The van der Waals surface area contributed by atoms with Gasteiger partial charge in [0, 0.05) is 25.4 Å². The van der Waals surface area contributed by atoms with Crippen molar-refractivity contribution < 1.29 is 9.47 Å². The van der Waals surface area contributed by atoms with Crippen LogP contribution in [0.1, 0.15) is 11.3 Å². The molecule has 0 atom stereocenters. The minimum atomic E-state index is 0.288. The average Bonchev–Trinajstić information content (AvgIpc) is 2.85. The number of fused-ring (bicyclic) bond motifs is 1. The third-order valence-electron chi connectivity index (χ3n) is 3.11. The van der Waals surface area contributed by atoms with E-state index in [9.17, 15) is 0 Å². The Labute approximate surface area is 117 Å². The highest BCUT2D eigenvalue weighted by Crippen LogP contribution is 2.33. The zero-order valence-electron chi connectivity index (χ0n) is 11.5. The minimum absolute atomic E-state index is 0.288. The van der Waals surface area contributed by atoms with Crippen molar-refractivity contribution in [1.82, 2.24) is 9.97 Å². The van der Waals surface area contributed by atoms with Crippen molar-refractivity contribution in [3.63, 3.8) is 0 Å². The number of ether oxygens (including phenoxy) is 2. The molecular weight excluding hydrogens is 256 g/mol. The molecule has 0 saturated carbocycles. The molecule has 2 aromatic rings. The van der Waals surface area contributed by atoms with Crippen LogP contribution in [-0.2, 0) is 6.54 Å². The van der Waals surface area contributed by atoms with Crippen LogP contribution in [0.3, 0.4) is 0 Å². The summed E-state index contributed by atoms with van der Waals surface area (Å²) in [7, 11) is 1.96. The molecule has 0 spiro atoms. The fourth-order valence-corrected chi connectivity index (χ4v) is 2.16. The Morgan fingerprint density at radius 1 is 1.20 bits per heavy atom. The first-order valence-corrected chi connectivity index (χ1v) is 6.32. The highest BCUT2D eigenvalue weighted by molar-refractivity contribution is 5.47. The number of nitrogens with two attached hydrogens (primary N) is 1. The maximum absolute atomic E-state index is 5.68. The Morgan fingerprint density at radius 2 is 2.00 bits per heavy atom. The second-order valence-corrected chi connectivity index (χ2v) is 4.77. The molecular formula is C14H16N4O2. The summed E-state index contributed by atoms with van der Waals surface area (Å²) < 4.78 is 10.7. The third kappa shape index (κ3) is 2.45. The molecule has 2 heterocycles. The normalized spacial score (nSPS) is 12.5. The number of aromatic nitrogens is 2. The van der Waals surface area contributed by atoms with E-state index in [-0.39, 0.29) is 12.7 Å². The summed E-state index contributed by atoms with van der Waals surface area (Å²) in [6.45, 7) is 2.89. The largest absolute Gasteiger partial charge is 0.454 e. The number of rotatable bonds is 3. The van der Waals surface area contributed by atoms with Gasteiger partial charge in [0.15, 0.2) is 11.5 Å². The van der Waals surface area contributed by atoms with E-state index in [0.717, 1.165) is 28.6 Å². The number of nitrogens with zero attached hydrogens (tertiary/aromatic N) is 3. The van der Waals surface area contributed by atoms with Gasteiger partial charge in [-0.1, -0.05) is 6.07 Å². The molecule has 1 aromatic carbocycles. The molecule has 6 nitrogen and oxygen atoms in total. The molecule has 0 radical (unpaired) electrons. The van der Waals surface area contributed by atoms with E-state index < -0.39 is 0 Å². The molecule has 0 unspecified atom stereocenters. The van der Waals surface area contributed by atoms with Crippen molar-refractivity contribution in [2.24, 2.45) is 0 Å². The van der Waals surface area contributed by atoms with Crippen LogP contribution in [0.4, 0.5) is 11.8 Å². The maximum atomic E-state index is 5.68. The Balaban J connectivity index is 1.80. The summed E-state index contributed by atoms with van der Waals surface area (Å²) in [5, 5.41) is 0. The molecule has 0 bridgehead atoms. The summed E-state index contributed by atoms with van der Waals surface area (Å²) in [6, 6.07) is 7.83. The van der Waals surface area contributed by atoms with Crippen molar-refractivity contribution in [1.29, 1.82) is 0 Å². The van der Waals surface area contributed by atoms with Gasteiger partial charge in [-0.3, -0.25) is 0 Å². The zero-order chi connectivity index (χ0) is 14.1. The van der Waals surface area contributed by atoms with Gasteiger partial charge in [-0.25, -0.2) is 4.98 Å². The quantitative estimate of drug-likeness (QED) is 0.917. The highest BCUT2D eigenvalue weighted by atomic mass is 16.7. The number of anilines is 2. The second-order valence-electron chi connectivity index (χ2n) is 4.77. The van der Waals surface area contributed by atoms with Crippen molar-refractivity contribution in [2.75, 3.05) is 24.5 Å². The summed E-state index contributed by atoms with van der Waals surface area (Å²) in [4.78, 5) is 10.3. The lowest BCUT2D eigenvalue weighted by Crippen LogP contribution is -2.18. The predicted molar refractivity (Wildman–Crippen MR) is 75.9 cm³/mol. The molecule has 6 heteroatoms. The van der Waals surface area contributed by atoms with Gasteiger partial charge < -0.3 is 20.1 Å². The van der Waals surface area contributed by atoms with Gasteiger partial charge in [0.2, 0.25) is 12.7 Å². The van der Waals surface area contributed by atoms with E-state index in [2.05, 4.69) is 9.97 Å². The molecule has 3 rings (SSSR count). The van der Waals surface area contributed by atoms with Crippen LogP contribution >= 0.6 is 0 Å². The predicted octanol–water partition coefficient (Wildman–Crippen LogP) is 1.73. The van der Waals surface area contributed by atoms with Crippen LogP contribution in [0.25, 0.3) is 0 Å². The smallest absolute Gasteiger partial charge is 0.231 e. The third-order valence-corrected chi connectivity index (χ3v) is 3.11. The fraction of sp³-hybridized carbons (Fsp3) is 0.286. The molecule has 1 aromatic heterocycles. The Morgan fingerprint density at radius 3 is 2.80 bits per heavy atom. The fourth-order valence-electron chi connectivity index (χ4n) is 2.16. The summed E-state index contributed by atoms with van der Waals surface area (Å²) in [5.41, 5.74) is 7.65. The van der Waals surface area contributed by atoms with Gasteiger partial charge in [0.25, 0.3) is 0 Å². The average molecular weight is 272 g/mol. The lowest BCUT2D eigenvalue weighted by Gasteiger charge is -2.19. The van der Waals surface area contributed by atoms with E-state index in [4.69, 9.17) is 15.2 Å². The molecule has 0 amide bonds. The van der Waals surface area contributed by atoms with Gasteiger partial charge in [-0.15, -0.1) is 0 Å². The van der Waals surface area contributed by atoms with Crippen molar-refractivity contribution in [3.05, 3.63) is 35.5 Å². The Bertz CT molecular complexity index is 625. The highest BCUT2D eigenvalue weighted by Gasteiger charge is 2.14. The summed E-state index contributed by atoms with van der Waals surface area (Å²) in [5.74, 6) is 2.66. The zero-order valence-corrected chi connectivity index (χ0v) is 11.5. The number of aryl methyl sites for hydroxylation is 1. The number of hydrogen-bond acceptors (Lipinski definition) is 6. The van der Waals surface area contributed by atoms with E-state index >= 15 is 0 Å². The van der Waals surface area contributed by atoms with Crippen LogP contribution in [0, 0.1) is 6.92 Å². The first kappa shape index (κ1) is 12.5. The molecule has 1 aliphatic heterocycles. The van der Waals surface area contributed by atoms with Crippen LogP contribution in [-0.4, -0.2) is 23.8 Å². The van der Waals surface area contributed by atoms with Gasteiger partial charge in [-0.2, -0.15) is 4.98 Å².